The van der Waals surface area contributed by atoms with Crippen LogP contribution in [-0.4, -0.2) is 54.8 Å². The molecule has 8 nitrogen and oxygen atoms in total. The quantitative estimate of drug-likeness (QED) is 0.182. The van der Waals surface area contributed by atoms with Crippen molar-refractivity contribution in [3.8, 4) is 11.1 Å². The number of nitrogens with one attached hydrogen (secondary N) is 2. The number of piperidine rings is 2. The fraction of sp³-hybridized carbons (Fsp3) is 0.357. The topological polar surface area (TPSA) is 85.0 Å². The Labute approximate surface area is 305 Å². The van der Waals surface area contributed by atoms with Crippen molar-refractivity contribution in [2.75, 3.05) is 35.3 Å². The number of carbonyl (C=O) groups is 3. The Kier molecular flexibility index (Phi) is 10.2. The van der Waals surface area contributed by atoms with Crippen LogP contribution in [0, 0.1) is 0 Å². The molecule has 4 aromatic carbocycles. The fourth-order valence-corrected chi connectivity index (χ4v) is 8.37. The highest BCUT2D eigenvalue weighted by Crippen LogP contribution is 2.41. The number of halogens is 1. The number of hydrogen-bond donors (Lipinski definition) is 2. The molecule has 0 radical (unpaired) electrons. The maximum Gasteiger partial charge on any atom is 0.234 e. The highest BCUT2D eigenvalue weighted by Gasteiger charge is 2.33. The molecule has 4 aromatic rings. The Balaban J connectivity index is 1.01. The molecular formula is C42H46ClN5O3. The van der Waals surface area contributed by atoms with Gasteiger partial charge in [0.1, 0.15) is 0 Å². The van der Waals surface area contributed by atoms with Gasteiger partial charge in [0.15, 0.2) is 0 Å². The molecule has 3 unspecified atom stereocenters. The van der Waals surface area contributed by atoms with Gasteiger partial charge in [0.25, 0.3) is 0 Å². The van der Waals surface area contributed by atoms with Crippen LogP contribution < -0.4 is 20.4 Å². The van der Waals surface area contributed by atoms with Crippen molar-refractivity contribution < 1.29 is 14.4 Å². The zero-order valence-corrected chi connectivity index (χ0v) is 30.3. The minimum Gasteiger partial charge on any atom is -0.378 e. The van der Waals surface area contributed by atoms with E-state index in [4.69, 9.17) is 11.6 Å². The number of imide groups is 1. The molecule has 0 bridgehead atoms. The van der Waals surface area contributed by atoms with Crippen molar-refractivity contribution in [2.24, 2.45) is 0 Å². The molecule has 2 N–H and O–H groups in total. The molecule has 7 rings (SSSR count). The molecule has 0 spiro atoms. The van der Waals surface area contributed by atoms with Crippen molar-refractivity contribution in [2.45, 2.75) is 76.5 Å². The van der Waals surface area contributed by atoms with Gasteiger partial charge in [0.2, 0.25) is 17.7 Å². The van der Waals surface area contributed by atoms with E-state index in [1.165, 1.54) is 5.69 Å². The normalized spacial score (nSPS) is 21.0. The summed E-state index contributed by atoms with van der Waals surface area (Å²) < 4.78 is 0. The van der Waals surface area contributed by atoms with Crippen molar-refractivity contribution >= 4 is 46.4 Å². The summed E-state index contributed by atoms with van der Waals surface area (Å²) in [4.78, 5) is 43.9. The summed E-state index contributed by atoms with van der Waals surface area (Å²) in [5.41, 5.74) is 8.75. The van der Waals surface area contributed by atoms with Crippen LogP contribution in [0.4, 0.5) is 17.1 Å². The lowest BCUT2D eigenvalue weighted by molar-refractivity contribution is -0.134. The third kappa shape index (κ3) is 7.53. The molecule has 264 valence electrons. The number of fused-ring (bicyclic) bond motifs is 1. The predicted octanol–water partition coefficient (Wildman–Crippen LogP) is 7.93. The zero-order valence-electron chi connectivity index (χ0n) is 29.6. The number of benzene rings is 4. The Hall–Kier alpha value is -4.66. The molecule has 0 saturated carbocycles. The second-order valence-electron chi connectivity index (χ2n) is 14.3. The van der Waals surface area contributed by atoms with Crippen LogP contribution >= 0.6 is 11.6 Å². The summed E-state index contributed by atoms with van der Waals surface area (Å²) in [6.45, 7) is 6.47. The zero-order chi connectivity index (χ0) is 35.6. The van der Waals surface area contributed by atoms with Crippen LogP contribution in [0.5, 0.6) is 0 Å². The van der Waals surface area contributed by atoms with Crippen molar-refractivity contribution in [3.63, 3.8) is 0 Å². The minimum atomic E-state index is -0.273. The van der Waals surface area contributed by atoms with Crippen molar-refractivity contribution in [1.82, 2.24) is 10.2 Å². The largest absolute Gasteiger partial charge is 0.378 e. The second-order valence-corrected chi connectivity index (χ2v) is 14.8. The van der Waals surface area contributed by atoms with Gasteiger partial charge in [-0.25, -0.2) is 0 Å². The van der Waals surface area contributed by atoms with Crippen molar-refractivity contribution in [1.29, 1.82) is 0 Å². The predicted molar refractivity (Wildman–Crippen MR) is 205 cm³/mol. The van der Waals surface area contributed by atoms with Gasteiger partial charge in [-0.3, -0.25) is 24.6 Å². The smallest absolute Gasteiger partial charge is 0.234 e. The van der Waals surface area contributed by atoms with E-state index in [-0.39, 0.29) is 35.7 Å². The number of carbonyl (C=O) groups excluding carboxylic acids is 3. The first kappa shape index (κ1) is 34.8. The lowest BCUT2D eigenvalue weighted by Crippen LogP contribution is -2.43. The van der Waals surface area contributed by atoms with Crippen LogP contribution in [0.1, 0.15) is 74.6 Å². The summed E-state index contributed by atoms with van der Waals surface area (Å²) in [7, 11) is 2.18. The van der Waals surface area contributed by atoms with E-state index in [1.54, 1.807) is 6.92 Å². The SMILES string of the molecule is CC(=O)N1c2ccc(-c3ccc(N4CCC(N(C)Cc5ccccc5C5CCC(=O)NC5=O)CC4)cc3)cc2C(Nc2ccc(Cl)cc2)CC1C. The summed E-state index contributed by atoms with van der Waals surface area (Å²) in [5.74, 6) is -0.584. The number of anilines is 3. The summed E-state index contributed by atoms with van der Waals surface area (Å²) in [6, 6.07) is 31.8. The molecular weight excluding hydrogens is 658 g/mol. The molecule has 0 aliphatic carbocycles. The first-order chi connectivity index (χ1) is 24.6. The average molecular weight is 704 g/mol. The minimum absolute atomic E-state index is 0.0522. The molecule has 3 aliphatic rings. The lowest BCUT2D eigenvalue weighted by atomic mass is 9.87. The van der Waals surface area contributed by atoms with E-state index in [9.17, 15) is 14.4 Å². The molecule has 2 saturated heterocycles. The van der Waals surface area contributed by atoms with Crippen LogP contribution in [-0.2, 0) is 20.9 Å². The van der Waals surface area contributed by atoms with Gasteiger partial charge in [0, 0.05) is 67.1 Å². The van der Waals surface area contributed by atoms with E-state index < -0.39 is 0 Å². The fourth-order valence-electron chi connectivity index (χ4n) is 8.24. The van der Waals surface area contributed by atoms with Gasteiger partial charge in [-0.05, 0) is 116 Å². The molecule has 3 atom stereocenters. The first-order valence-corrected chi connectivity index (χ1v) is 18.5. The third-order valence-corrected chi connectivity index (χ3v) is 11.2. The lowest BCUT2D eigenvalue weighted by Gasteiger charge is -2.40. The Morgan fingerprint density at radius 2 is 1.61 bits per heavy atom. The molecule has 9 heteroatoms. The van der Waals surface area contributed by atoms with Gasteiger partial charge in [-0.2, -0.15) is 0 Å². The monoisotopic (exact) mass is 703 g/mol. The highest BCUT2D eigenvalue weighted by atomic mass is 35.5. The molecule has 3 aliphatic heterocycles. The number of rotatable bonds is 8. The van der Waals surface area contributed by atoms with Crippen LogP contribution in [0.25, 0.3) is 11.1 Å². The average Bonchev–Trinajstić information content (AvgIpc) is 3.13. The van der Waals surface area contributed by atoms with Crippen LogP contribution in [0.15, 0.2) is 91.0 Å². The Bertz CT molecular complexity index is 1900. The van der Waals surface area contributed by atoms with Gasteiger partial charge >= 0.3 is 0 Å². The standard InChI is InChI=1S/C42H46ClN5O3/c1-27-24-39(44-33-13-11-32(43)12-14-33)38-25-30(10-18-40(38)48(27)28(2)49)29-8-15-35(16-9-29)47-22-20-34(21-23-47)46(3)26-31-6-4-5-7-36(31)37-17-19-41(50)45-42(37)51/h4-16,18,25,27,34,37,39,44H,17,19-24,26H2,1-3H3,(H,45,50,51). The van der Waals surface area contributed by atoms with Gasteiger partial charge in [-0.1, -0.05) is 54.1 Å². The molecule has 2 fully saturated rings. The van der Waals surface area contributed by atoms with Crippen molar-refractivity contribution in [3.05, 3.63) is 113 Å². The Morgan fingerprint density at radius 3 is 2.31 bits per heavy atom. The Morgan fingerprint density at radius 1 is 0.902 bits per heavy atom. The maximum atomic E-state index is 12.7. The molecule has 51 heavy (non-hydrogen) atoms. The van der Waals surface area contributed by atoms with Gasteiger partial charge < -0.3 is 15.1 Å². The number of hydrogen-bond acceptors (Lipinski definition) is 6. The van der Waals surface area contributed by atoms with E-state index in [0.29, 0.717) is 23.9 Å². The summed E-state index contributed by atoms with van der Waals surface area (Å²) in [6.07, 6.45) is 3.85. The summed E-state index contributed by atoms with van der Waals surface area (Å²) in [5, 5.41) is 6.92. The summed E-state index contributed by atoms with van der Waals surface area (Å²) >= 11 is 6.15. The highest BCUT2D eigenvalue weighted by molar-refractivity contribution is 6.30. The van der Waals surface area contributed by atoms with E-state index in [2.05, 4.69) is 82.9 Å². The van der Waals surface area contributed by atoms with Crippen LogP contribution in [0.3, 0.4) is 0 Å². The number of amides is 3. The van der Waals surface area contributed by atoms with Crippen LogP contribution in [0.2, 0.25) is 5.02 Å². The van der Waals surface area contributed by atoms with E-state index in [0.717, 1.165) is 78.1 Å². The molecule has 3 amide bonds. The maximum absolute atomic E-state index is 12.7. The number of nitrogens with zero attached hydrogens (tertiary/aromatic N) is 3. The second kappa shape index (κ2) is 14.9. The third-order valence-electron chi connectivity index (χ3n) is 10.9. The van der Waals surface area contributed by atoms with Gasteiger partial charge in [-0.15, -0.1) is 0 Å². The van der Waals surface area contributed by atoms with E-state index >= 15 is 0 Å². The molecule has 0 aromatic heterocycles. The first-order valence-electron chi connectivity index (χ1n) is 18.1. The molecule has 3 heterocycles. The van der Waals surface area contributed by atoms with Gasteiger partial charge in [0.05, 0.1) is 12.0 Å². The van der Waals surface area contributed by atoms with E-state index in [1.807, 2.05) is 47.4 Å².